The fourth-order valence-electron chi connectivity index (χ4n) is 3.33. The topological polar surface area (TPSA) is 69.6 Å². The van der Waals surface area contributed by atoms with Crippen molar-refractivity contribution in [2.75, 3.05) is 6.54 Å². The molecule has 0 aromatic heterocycles. The predicted molar refractivity (Wildman–Crippen MR) is 95.6 cm³/mol. The molecule has 2 unspecified atom stereocenters. The minimum absolute atomic E-state index is 0.0967. The number of nitrogens with zero attached hydrogens (tertiary/aromatic N) is 1. The van der Waals surface area contributed by atoms with E-state index in [-0.39, 0.29) is 29.4 Å². The monoisotopic (exact) mass is 356 g/mol. The Morgan fingerprint density at radius 2 is 1.81 bits per heavy atom. The van der Waals surface area contributed by atoms with Crippen LogP contribution in [-0.2, 0) is 6.54 Å². The lowest BCUT2D eigenvalue weighted by Crippen LogP contribution is -2.41. The van der Waals surface area contributed by atoms with Crippen molar-refractivity contribution in [3.05, 3.63) is 71.0 Å². The third kappa shape index (κ3) is 4.02. The summed E-state index contributed by atoms with van der Waals surface area (Å²) < 4.78 is 13.1. The number of amides is 2. The molecule has 1 fully saturated rings. The lowest BCUT2D eigenvalue weighted by atomic mass is 9.97. The first-order valence-electron chi connectivity index (χ1n) is 8.56. The summed E-state index contributed by atoms with van der Waals surface area (Å²) in [5.74, 6) is -1.03. The van der Waals surface area contributed by atoms with E-state index < -0.39 is 5.97 Å². The number of hydrogen-bond donors (Lipinski definition) is 2. The number of nitrogens with one attached hydrogen (secondary N) is 1. The van der Waals surface area contributed by atoms with Gasteiger partial charge in [-0.3, -0.25) is 0 Å². The number of carbonyl (C=O) groups excluding carboxylic acids is 1. The van der Waals surface area contributed by atoms with Gasteiger partial charge in [0.15, 0.2) is 0 Å². The molecular formula is C20H21FN2O3. The average molecular weight is 356 g/mol. The van der Waals surface area contributed by atoms with Crippen LogP contribution in [0.25, 0.3) is 0 Å². The van der Waals surface area contributed by atoms with E-state index in [2.05, 4.69) is 5.32 Å². The second-order valence-electron chi connectivity index (χ2n) is 6.65. The molecule has 2 atom stereocenters. The molecule has 0 radical (unpaired) electrons. The second-order valence-corrected chi connectivity index (χ2v) is 6.65. The Hall–Kier alpha value is -2.89. The summed E-state index contributed by atoms with van der Waals surface area (Å²) in [7, 11) is 0. The lowest BCUT2D eigenvalue weighted by molar-refractivity contribution is 0.0697. The molecule has 0 saturated carbocycles. The summed E-state index contributed by atoms with van der Waals surface area (Å²) in [4.78, 5) is 25.1. The van der Waals surface area contributed by atoms with Crippen LogP contribution in [0.2, 0.25) is 0 Å². The van der Waals surface area contributed by atoms with E-state index in [9.17, 15) is 14.0 Å². The number of carboxylic acid groups (broad SMARTS) is 1. The number of rotatable bonds is 4. The van der Waals surface area contributed by atoms with Gasteiger partial charge < -0.3 is 15.3 Å². The average Bonchev–Trinajstić information content (AvgIpc) is 3.02. The van der Waals surface area contributed by atoms with Crippen molar-refractivity contribution in [3.63, 3.8) is 0 Å². The molecule has 0 aliphatic carbocycles. The molecule has 136 valence electrons. The largest absolute Gasteiger partial charge is 0.478 e. The van der Waals surface area contributed by atoms with Gasteiger partial charge in [-0.2, -0.15) is 0 Å². The van der Waals surface area contributed by atoms with Gasteiger partial charge in [-0.05, 0) is 48.7 Å². The third-order valence-electron chi connectivity index (χ3n) is 4.82. The summed E-state index contributed by atoms with van der Waals surface area (Å²) in [6.45, 7) is 2.94. The Morgan fingerprint density at radius 1 is 1.15 bits per heavy atom. The van der Waals surface area contributed by atoms with Crippen molar-refractivity contribution in [3.8, 4) is 0 Å². The number of aromatic carboxylic acids is 1. The first-order valence-corrected chi connectivity index (χ1v) is 8.56. The van der Waals surface area contributed by atoms with Gasteiger partial charge in [-0.1, -0.05) is 24.3 Å². The van der Waals surface area contributed by atoms with Gasteiger partial charge in [0.2, 0.25) is 0 Å². The maximum Gasteiger partial charge on any atom is 0.335 e. The van der Waals surface area contributed by atoms with E-state index in [1.54, 1.807) is 29.2 Å². The van der Waals surface area contributed by atoms with E-state index in [1.165, 1.54) is 24.3 Å². The van der Waals surface area contributed by atoms with Crippen LogP contribution in [0.4, 0.5) is 9.18 Å². The van der Waals surface area contributed by atoms with E-state index in [1.807, 2.05) is 6.92 Å². The van der Waals surface area contributed by atoms with Gasteiger partial charge in [0.1, 0.15) is 5.82 Å². The molecule has 6 heteroatoms. The molecule has 0 spiro atoms. The SMILES string of the molecule is CC1CC(c2ccc(F)cc2)CN1C(=O)NCc1ccc(C(=O)O)cc1. The number of hydrogen-bond acceptors (Lipinski definition) is 2. The summed E-state index contributed by atoms with van der Waals surface area (Å²) in [6, 6.07) is 12.8. The molecule has 3 rings (SSSR count). The van der Waals surface area contributed by atoms with Crippen LogP contribution in [0.1, 0.15) is 40.7 Å². The Kier molecular flexibility index (Phi) is 5.21. The van der Waals surface area contributed by atoms with Crippen LogP contribution < -0.4 is 5.32 Å². The summed E-state index contributed by atoms with van der Waals surface area (Å²) in [6.07, 6.45) is 0.840. The number of carbonyl (C=O) groups is 2. The van der Waals surface area contributed by atoms with Crippen molar-refractivity contribution in [1.82, 2.24) is 10.2 Å². The summed E-state index contributed by atoms with van der Waals surface area (Å²) in [5, 5.41) is 11.8. The number of urea groups is 1. The minimum Gasteiger partial charge on any atom is -0.478 e. The zero-order valence-corrected chi connectivity index (χ0v) is 14.5. The normalized spacial score (nSPS) is 19.4. The molecule has 0 bridgehead atoms. The fraction of sp³-hybridized carbons (Fsp3) is 0.300. The van der Waals surface area contributed by atoms with Crippen LogP contribution in [0.3, 0.4) is 0 Å². The quantitative estimate of drug-likeness (QED) is 0.879. The van der Waals surface area contributed by atoms with Crippen molar-refractivity contribution >= 4 is 12.0 Å². The van der Waals surface area contributed by atoms with E-state index >= 15 is 0 Å². The zero-order chi connectivity index (χ0) is 18.7. The lowest BCUT2D eigenvalue weighted by Gasteiger charge is -2.22. The van der Waals surface area contributed by atoms with Crippen LogP contribution >= 0.6 is 0 Å². The van der Waals surface area contributed by atoms with Gasteiger partial charge >= 0.3 is 12.0 Å². The highest BCUT2D eigenvalue weighted by Crippen LogP contribution is 2.31. The molecule has 26 heavy (non-hydrogen) atoms. The minimum atomic E-state index is -0.974. The fourth-order valence-corrected chi connectivity index (χ4v) is 3.33. The maximum absolute atomic E-state index is 13.1. The van der Waals surface area contributed by atoms with Crippen LogP contribution in [0, 0.1) is 5.82 Å². The molecule has 1 aliphatic rings. The number of halogens is 1. The number of benzene rings is 2. The summed E-state index contributed by atoms with van der Waals surface area (Å²) >= 11 is 0. The van der Waals surface area contributed by atoms with Gasteiger partial charge in [-0.25, -0.2) is 14.0 Å². The maximum atomic E-state index is 13.1. The molecule has 1 saturated heterocycles. The molecule has 2 aromatic carbocycles. The molecule has 5 nitrogen and oxygen atoms in total. The molecule has 1 heterocycles. The first-order chi connectivity index (χ1) is 12.4. The summed E-state index contributed by atoms with van der Waals surface area (Å²) in [5.41, 5.74) is 2.10. The van der Waals surface area contributed by atoms with Crippen molar-refractivity contribution in [1.29, 1.82) is 0 Å². The number of likely N-dealkylation sites (tertiary alicyclic amines) is 1. The predicted octanol–water partition coefficient (Wildman–Crippen LogP) is 3.61. The Bertz CT molecular complexity index is 790. The van der Waals surface area contributed by atoms with Crippen molar-refractivity contribution in [2.24, 2.45) is 0 Å². The smallest absolute Gasteiger partial charge is 0.335 e. The van der Waals surface area contributed by atoms with Gasteiger partial charge in [0.25, 0.3) is 0 Å². The Morgan fingerprint density at radius 3 is 2.42 bits per heavy atom. The van der Waals surface area contributed by atoms with Gasteiger partial charge in [-0.15, -0.1) is 0 Å². The molecule has 2 amide bonds. The zero-order valence-electron chi connectivity index (χ0n) is 14.5. The first kappa shape index (κ1) is 17.9. The van der Waals surface area contributed by atoms with Crippen LogP contribution in [0.15, 0.2) is 48.5 Å². The molecule has 2 N–H and O–H groups in total. The van der Waals surface area contributed by atoms with Gasteiger partial charge in [0.05, 0.1) is 5.56 Å². The highest BCUT2D eigenvalue weighted by atomic mass is 19.1. The van der Waals surface area contributed by atoms with Crippen molar-refractivity contribution < 1.29 is 19.1 Å². The molecular weight excluding hydrogens is 335 g/mol. The van der Waals surface area contributed by atoms with E-state index in [4.69, 9.17) is 5.11 Å². The van der Waals surface area contributed by atoms with Gasteiger partial charge in [0, 0.05) is 25.0 Å². The highest BCUT2D eigenvalue weighted by Gasteiger charge is 2.33. The van der Waals surface area contributed by atoms with E-state index in [0.717, 1.165) is 17.5 Å². The molecule has 1 aliphatic heterocycles. The second kappa shape index (κ2) is 7.56. The standard InChI is InChI=1S/C20H21FN2O3/c1-13-10-17(15-6-8-18(21)9-7-15)12-23(13)20(26)22-11-14-2-4-16(5-3-14)19(24)25/h2-9,13,17H,10-12H2,1H3,(H,22,26)(H,24,25). The molecule has 2 aromatic rings. The Labute approximate surface area is 151 Å². The van der Waals surface area contributed by atoms with Crippen molar-refractivity contribution in [2.45, 2.75) is 31.8 Å². The van der Waals surface area contributed by atoms with Crippen LogP contribution in [-0.4, -0.2) is 34.6 Å². The Balaban J connectivity index is 1.57. The number of carboxylic acids is 1. The van der Waals surface area contributed by atoms with E-state index in [0.29, 0.717) is 13.1 Å². The van der Waals surface area contributed by atoms with Crippen LogP contribution in [0.5, 0.6) is 0 Å². The third-order valence-corrected chi connectivity index (χ3v) is 4.82. The highest BCUT2D eigenvalue weighted by molar-refractivity contribution is 5.87.